The topological polar surface area (TPSA) is 25.8 Å². The zero-order valence-corrected chi connectivity index (χ0v) is 29.8. The van der Waals surface area contributed by atoms with E-state index in [0.29, 0.717) is 0 Å². The fourth-order valence-corrected chi connectivity index (χ4v) is 8.70. The summed E-state index contributed by atoms with van der Waals surface area (Å²) in [7, 11) is 0. The summed E-state index contributed by atoms with van der Waals surface area (Å²) < 4.78 is 0. The van der Waals surface area contributed by atoms with Crippen molar-refractivity contribution in [2.75, 3.05) is 0 Å². The van der Waals surface area contributed by atoms with Crippen molar-refractivity contribution in [2.24, 2.45) is 0 Å². The molecule has 0 fully saturated rings. The Kier molecular flexibility index (Phi) is 6.78. The molecule has 2 heteroatoms. The van der Waals surface area contributed by atoms with Crippen molar-refractivity contribution in [1.82, 2.24) is 9.97 Å². The SMILES string of the molecule is Cc1cc(-c2ccc3c(-c4ccccc4C)cc4c(-c5cc(C)nc6ccccc56)ccc5c(-c6ccccc6C)cc2c3c54)c2ccccc2n1. The van der Waals surface area contributed by atoms with Crippen molar-refractivity contribution in [3.63, 3.8) is 0 Å². The fraction of sp³-hybridized carbons (Fsp3) is 0.0800. The van der Waals surface area contributed by atoms with Crippen LogP contribution in [0.4, 0.5) is 0 Å². The van der Waals surface area contributed by atoms with Gasteiger partial charge in [-0.3, -0.25) is 9.97 Å². The Balaban J connectivity index is 1.46. The van der Waals surface area contributed by atoms with Gasteiger partial charge in [0.1, 0.15) is 0 Å². The van der Waals surface area contributed by atoms with Gasteiger partial charge in [-0.25, -0.2) is 0 Å². The Morgan fingerprint density at radius 2 is 0.673 bits per heavy atom. The van der Waals surface area contributed by atoms with Crippen LogP contribution in [0.5, 0.6) is 0 Å². The van der Waals surface area contributed by atoms with E-state index < -0.39 is 0 Å². The zero-order valence-electron chi connectivity index (χ0n) is 29.8. The quantitative estimate of drug-likeness (QED) is 0.175. The highest BCUT2D eigenvalue weighted by Crippen LogP contribution is 2.50. The van der Waals surface area contributed by atoms with E-state index in [0.717, 1.165) is 22.4 Å². The molecule has 0 bridgehead atoms. The Hall–Kier alpha value is -6.38. The number of benzene rings is 8. The summed E-state index contributed by atoms with van der Waals surface area (Å²) in [5.74, 6) is 0. The van der Waals surface area contributed by atoms with Crippen LogP contribution in [0, 0.1) is 27.7 Å². The summed E-state index contributed by atoms with van der Waals surface area (Å²) in [5.41, 5.74) is 16.5. The minimum absolute atomic E-state index is 1.02. The second-order valence-electron chi connectivity index (χ2n) is 14.3. The third-order valence-corrected chi connectivity index (χ3v) is 11.0. The molecule has 0 saturated carbocycles. The van der Waals surface area contributed by atoms with Crippen molar-refractivity contribution in [3.8, 4) is 44.5 Å². The molecular formula is C50H36N2. The van der Waals surface area contributed by atoms with Gasteiger partial charge in [-0.1, -0.05) is 109 Å². The van der Waals surface area contributed by atoms with Gasteiger partial charge in [-0.05, 0) is 152 Å². The molecule has 0 aliphatic rings. The van der Waals surface area contributed by atoms with Crippen LogP contribution in [0.2, 0.25) is 0 Å². The molecule has 0 saturated heterocycles. The highest BCUT2D eigenvalue weighted by atomic mass is 14.7. The molecule has 10 rings (SSSR count). The molecule has 0 atom stereocenters. The van der Waals surface area contributed by atoms with Crippen LogP contribution in [0.15, 0.2) is 146 Å². The van der Waals surface area contributed by atoms with E-state index in [2.05, 4.69) is 173 Å². The third kappa shape index (κ3) is 4.57. The Morgan fingerprint density at radius 1 is 0.288 bits per heavy atom. The van der Waals surface area contributed by atoms with Gasteiger partial charge in [0.25, 0.3) is 0 Å². The number of para-hydroxylation sites is 2. The number of hydrogen-bond donors (Lipinski definition) is 0. The third-order valence-electron chi connectivity index (χ3n) is 11.0. The first kappa shape index (κ1) is 30.4. The largest absolute Gasteiger partial charge is 0.253 e. The lowest BCUT2D eigenvalue weighted by molar-refractivity contribution is 1.26. The highest BCUT2D eigenvalue weighted by Gasteiger charge is 2.23. The van der Waals surface area contributed by atoms with Crippen molar-refractivity contribution in [3.05, 3.63) is 168 Å². The van der Waals surface area contributed by atoms with E-state index in [1.165, 1.54) is 98.7 Å². The molecule has 0 radical (unpaired) electrons. The zero-order chi connectivity index (χ0) is 35.1. The number of rotatable bonds is 4. The monoisotopic (exact) mass is 664 g/mol. The summed E-state index contributed by atoms with van der Waals surface area (Å²) in [6.07, 6.45) is 0. The molecule has 0 aliphatic carbocycles. The summed E-state index contributed by atoms with van der Waals surface area (Å²) >= 11 is 0. The number of nitrogens with zero attached hydrogens (tertiary/aromatic N) is 2. The lowest BCUT2D eigenvalue weighted by atomic mass is 9.80. The number of fused-ring (bicyclic) bond motifs is 2. The van der Waals surface area contributed by atoms with Crippen molar-refractivity contribution < 1.29 is 0 Å². The first-order chi connectivity index (χ1) is 25.4. The van der Waals surface area contributed by atoms with Crippen LogP contribution in [0.25, 0.3) is 98.6 Å². The van der Waals surface area contributed by atoms with Gasteiger partial charge in [-0.15, -0.1) is 0 Å². The molecule has 2 heterocycles. The Bertz CT molecular complexity index is 2850. The maximum atomic E-state index is 4.94. The molecule has 246 valence electrons. The van der Waals surface area contributed by atoms with Gasteiger partial charge < -0.3 is 0 Å². The van der Waals surface area contributed by atoms with E-state index in [-0.39, 0.29) is 0 Å². The Labute approximate surface area is 303 Å². The predicted molar refractivity (Wildman–Crippen MR) is 221 cm³/mol. The summed E-state index contributed by atoms with van der Waals surface area (Å²) in [4.78, 5) is 9.87. The number of aryl methyl sites for hydroxylation is 4. The first-order valence-electron chi connectivity index (χ1n) is 18.1. The van der Waals surface area contributed by atoms with E-state index in [1.54, 1.807) is 0 Å². The van der Waals surface area contributed by atoms with Gasteiger partial charge in [-0.2, -0.15) is 0 Å². The van der Waals surface area contributed by atoms with Crippen molar-refractivity contribution in [2.45, 2.75) is 27.7 Å². The highest BCUT2D eigenvalue weighted by molar-refractivity contribution is 6.33. The van der Waals surface area contributed by atoms with Crippen LogP contribution in [-0.2, 0) is 0 Å². The van der Waals surface area contributed by atoms with Gasteiger partial charge in [0.15, 0.2) is 0 Å². The fourth-order valence-electron chi connectivity index (χ4n) is 8.70. The maximum absolute atomic E-state index is 4.94. The van der Waals surface area contributed by atoms with Gasteiger partial charge in [0.2, 0.25) is 0 Å². The molecular weight excluding hydrogens is 629 g/mol. The van der Waals surface area contributed by atoms with Crippen LogP contribution in [-0.4, -0.2) is 9.97 Å². The number of pyridine rings is 2. The van der Waals surface area contributed by atoms with Gasteiger partial charge >= 0.3 is 0 Å². The first-order valence-corrected chi connectivity index (χ1v) is 18.1. The number of hydrogen-bond acceptors (Lipinski definition) is 2. The molecule has 0 amide bonds. The average molecular weight is 665 g/mol. The van der Waals surface area contributed by atoms with Crippen molar-refractivity contribution >= 4 is 54.1 Å². The molecule has 0 aliphatic heterocycles. The summed E-state index contributed by atoms with van der Waals surface area (Å²) in [5, 5.41) is 9.99. The summed E-state index contributed by atoms with van der Waals surface area (Å²) in [6, 6.07) is 53.6. The van der Waals surface area contributed by atoms with E-state index in [1.807, 2.05) is 0 Å². The summed E-state index contributed by atoms with van der Waals surface area (Å²) in [6.45, 7) is 8.67. The molecule has 2 nitrogen and oxygen atoms in total. The van der Waals surface area contributed by atoms with Crippen LogP contribution in [0.1, 0.15) is 22.5 Å². The van der Waals surface area contributed by atoms with Crippen LogP contribution in [0.3, 0.4) is 0 Å². The predicted octanol–water partition coefficient (Wildman–Crippen LogP) is 13.6. The molecule has 8 aromatic carbocycles. The lowest BCUT2D eigenvalue weighted by Gasteiger charge is -2.23. The van der Waals surface area contributed by atoms with Crippen LogP contribution >= 0.6 is 0 Å². The maximum Gasteiger partial charge on any atom is 0.0711 e. The van der Waals surface area contributed by atoms with Crippen molar-refractivity contribution in [1.29, 1.82) is 0 Å². The standard InChI is InChI=1S/C50H36N2/c1-29-13-5-7-15-33(29)43-27-45-35(41-25-31(3)51-47-19-11-9-17-37(41)47)22-24-40-44(34-16-8-6-14-30(34)2)28-46-36(21-23-39(43)49(46)50(40)45)42-26-32(4)52-48-20-12-10-18-38(42)48/h5-28H,1-4H3. The molecule has 0 spiro atoms. The van der Waals surface area contributed by atoms with Crippen LogP contribution < -0.4 is 0 Å². The van der Waals surface area contributed by atoms with E-state index in [9.17, 15) is 0 Å². The molecule has 0 N–H and O–H groups in total. The smallest absolute Gasteiger partial charge is 0.0711 e. The average Bonchev–Trinajstić information content (AvgIpc) is 3.16. The second-order valence-corrected chi connectivity index (χ2v) is 14.3. The molecule has 10 aromatic rings. The molecule has 0 unspecified atom stereocenters. The van der Waals surface area contributed by atoms with E-state index >= 15 is 0 Å². The number of aromatic nitrogens is 2. The lowest BCUT2D eigenvalue weighted by Crippen LogP contribution is -1.97. The van der Waals surface area contributed by atoms with Gasteiger partial charge in [0, 0.05) is 22.2 Å². The minimum Gasteiger partial charge on any atom is -0.253 e. The normalized spacial score (nSPS) is 11.8. The Morgan fingerprint density at radius 3 is 1.12 bits per heavy atom. The minimum atomic E-state index is 1.02. The van der Waals surface area contributed by atoms with Gasteiger partial charge in [0.05, 0.1) is 11.0 Å². The molecule has 52 heavy (non-hydrogen) atoms. The van der Waals surface area contributed by atoms with E-state index in [4.69, 9.17) is 9.97 Å². The second kappa shape index (κ2) is 11.6. The molecule has 2 aromatic heterocycles.